The molecule has 0 saturated carbocycles. The summed E-state index contributed by atoms with van der Waals surface area (Å²) in [4.78, 5) is 0. The predicted molar refractivity (Wildman–Crippen MR) is 77.4 cm³/mol. The van der Waals surface area contributed by atoms with Crippen molar-refractivity contribution < 1.29 is 13.2 Å². The molecule has 0 aromatic heterocycles. The number of nitrogens with two attached hydrogens (primary N) is 1. The van der Waals surface area contributed by atoms with Crippen LogP contribution in [0.2, 0.25) is 0 Å². The van der Waals surface area contributed by atoms with Crippen LogP contribution in [-0.2, 0) is 14.8 Å². The quantitative estimate of drug-likeness (QED) is 0.826. The molecule has 1 aliphatic rings. The Balaban J connectivity index is 2.71. The van der Waals surface area contributed by atoms with Crippen LogP contribution < -0.4 is 5.73 Å². The monoisotopic (exact) mass is 292 g/mol. The lowest BCUT2D eigenvalue weighted by atomic mass is 9.94. The van der Waals surface area contributed by atoms with Crippen LogP contribution in [0.1, 0.15) is 40.0 Å². The first kappa shape index (κ1) is 16.9. The normalized spacial score (nSPS) is 26.6. The highest BCUT2D eigenvalue weighted by Gasteiger charge is 2.35. The maximum absolute atomic E-state index is 12.4. The number of piperidine rings is 1. The highest BCUT2D eigenvalue weighted by Crippen LogP contribution is 2.25. The van der Waals surface area contributed by atoms with Crippen molar-refractivity contribution in [2.24, 2.45) is 11.1 Å². The molecule has 0 aromatic carbocycles. The second-order valence-corrected chi connectivity index (χ2v) is 8.55. The van der Waals surface area contributed by atoms with Crippen LogP contribution in [0.3, 0.4) is 0 Å². The number of hydrogen-bond donors (Lipinski definition) is 1. The van der Waals surface area contributed by atoms with E-state index in [2.05, 4.69) is 20.8 Å². The fraction of sp³-hybridized carbons (Fsp3) is 1.00. The Morgan fingerprint density at radius 2 is 2.00 bits per heavy atom. The molecule has 2 unspecified atom stereocenters. The standard InChI is InChI=1S/C13H28N2O3S/c1-13(2,3)6-8-19(16,17)15-7-5-12(18-4)9-11(15)10-14/h11-12H,5-10,14H2,1-4H3. The number of methoxy groups -OCH3 is 1. The summed E-state index contributed by atoms with van der Waals surface area (Å²) >= 11 is 0. The molecule has 1 saturated heterocycles. The second kappa shape index (κ2) is 6.52. The van der Waals surface area contributed by atoms with E-state index in [1.165, 1.54) is 0 Å². The molecule has 0 spiro atoms. The van der Waals surface area contributed by atoms with Crippen LogP contribution in [-0.4, -0.2) is 50.8 Å². The molecule has 1 fully saturated rings. The zero-order chi connectivity index (χ0) is 14.7. The molecule has 0 amide bonds. The number of ether oxygens (including phenoxy) is 1. The summed E-state index contributed by atoms with van der Waals surface area (Å²) in [6.45, 7) is 7.04. The van der Waals surface area contributed by atoms with E-state index in [9.17, 15) is 8.42 Å². The first-order chi connectivity index (χ1) is 8.69. The average Bonchev–Trinajstić information content (AvgIpc) is 2.35. The van der Waals surface area contributed by atoms with Gasteiger partial charge in [-0.15, -0.1) is 0 Å². The summed E-state index contributed by atoms with van der Waals surface area (Å²) < 4.78 is 31.8. The maximum atomic E-state index is 12.4. The van der Waals surface area contributed by atoms with Gasteiger partial charge in [-0.1, -0.05) is 20.8 Å². The van der Waals surface area contributed by atoms with Gasteiger partial charge in [-0.25, -0.2) is 8.42 Å². The van der Waals surface area contributed by atoms with Crippen molar-refractivity contribution >= 4 is 10.0 Å². The Kier molecular flexibility index (Phi) is 5.79. The Morgan fingerprint density at radius 1 is 1.37 bits per heavy atom. The predicted octanol–water partition coefficient (Wildman–Crippen LogP) is 1.19. The third-order valence-corrected chi connectivity index (χ3v) is 5.60. The zero-order valence-corrected chi connectivity index (χ0v) is 13.4. The van der Waals surface area contributed by atoms with Gasteiger partial charge < -0.3 is 10.5 Å². The minimum Gasteiger partial charge on any atom is -0.381 e. The Morgan fingerprint density at radius 3 is 2.47 bits per heavy atom. The van der Waals surface area contributed by atoms with E-state index in [1.54, 1.807) is 11.4 Å². The van der Waals surface area contributed by atoms with Crippen LogP contribution in [0.15, 0.2) is 0 Å². The minimum absolute atomic E-state index is 0.0239. The molecule has 0 bridgehead atoms. The van der Waals surface area contributed by atoms with E-state index >= 15 is 0 Å². The Bertz CT molecular complexity index is 376. The molecule has 19 heavy (non-hydrogen) atoms. The Hall–Kier alpha value is -0.170. The smallest absolute Gasteiger partial charge is 0.214 e. The van der Waals surface area contributed by atoms with E-state index in [-0.39, 0.29) is 23.3 Å². The van der Waals surface area contributed by atoms with Crippen molar-refractivity contribution in [2.45, 2.75) is 52.2 Å². The summed E-state index contributed by atoms with van der Waals surface area (Å²) in [5.41, 5.74) is 5.75. The summed E-state index contributed by atoms with van der Waals surface area (Å²) in [7, 11) is -1.54. The van der Waals surface area contributed by atoms with Gasteiger partial charge in [0.15, 0.2) is 0 Å². The summed E-state index contributed by atoms with van der Waals surface area (Å²) in [5.74, 6) is 0.199. The molecule has 0 radical (unpaired) electrons. The Labute approximate surface area is 117 Å². The molecule has 1 rings (SSSR count). The molecule has 1 heterocycles. The zero-order valence-electron chi connectivity index (χ0n) is 12.6. The van der Waals surface area contributed by atoms with Crippen LogP contribution in [0.4, 0.5) is 0 Å². The van der Waals surface area contributed by atoms with Gasteiger partial charge in [0.2, 0.25) is 10.0 Å². The minimum atomic E-state index is -3.21. The van der Waals surface area contributed by atoms with Crippen molar-refractivity contribution in [1.82, 2.24) is 4.31 Å². The summed E-state index contributed by atoms with van der Waals surface area (Å²) in [6.07, 6.45) is 2.24. The molecular weight excluding hydrogens is 264 g/mol. The molecule has 5 nitrogen and oxygen atoms in total. The van der Waals surface area contributed by atoms with E-state index < -0.39 is 10.0 Å². The van der Waals surface area contributed by atoms with Crippen molar-refractivity contribution in [1.29, 1.82) is 0 Å². The number of sulfonamides is 1. The van der Waals surface area contributed by atoms with Gasteiger partial charge >= 0.3 is 0 Å². The van der Waals surface area contributed by atoms with Crippen LogP contribution in [0.25, 0.3) is 0 Å². The number of hydrogen-bond acceptors (Lipinski definition) is 4. The molecule has 1 aliphatic heterocycles. The third kappa shape index (κ3) is 5.02. The van der Waals surface area contributed by atoms with Gasteiger partial charge in [-0.2, -0.15) is 4.31 Å². The first-order valence-electron chi connectivity index (χ1n) is 6.92. The van der Waals surface area contributed by atoms with E-state index in [1.807, 2.05) is 0 Å². The van der Waals surface area contributed by atoms with Crippen molar-refractivity contribution in [3.63, 3.8) is 0 Å². The molecule has 2 N–H and O–H groups in total. The fourth-order valence-corrected chi connectivity index (χ4v) is 4.45. The summed E-state index contributed by atoms with van der Waals surface area (Å²) in [5, 5.41) is 0. The highest BCUT2D eigenvalue weighted by molar-refractivity contribution is 7.89. The van der Waals surface area contributed by atoms with Crippen molar-refractivity contribution in [2.75, 3.05) is 26.0 Å². The maximum Gasteiger partial charge on any atom is 0.214 e. The lowest BCUT2D eigenvalue weighted by Crippen LogP contribution is -2.51. The first-order valence-corrected chi connectivity index (χ1v) is 8.53. The molecule has 2 atom stereocenters. The van der Waals surface area contributed by atoms with Gasteiger partial charge in [-0.05, 0) is 24.7 Å². The topological polar surface area (TPSA) is 72.6 Å². The van der Waals surface area contributed by atoms with Crippen LogP contribution in [0, 0.1) is 5.41 Å². The summed E-state index contributed by atoms with van der Waals surface area (Å²) in [6, 6.07) is -0.122. The largest absolute Gasteiger partial charge is 0.381 e. The third-order valence-electron chi connectivity index (χ3n) is 3.69. The number of rotatable bonds is 5. The molecule has 114 valence electrons. The molecule has 0 aliphatic carbocycles. The average molecular weight is 292 g/mol. The molecular formula is C13H28N2O3S. The molecule has 6 heteroatoms. The van der Waals surface area contributed by atoms with Gasteiger partial charge in [0.1, 0.15) is 0 Å². The van der Waals surface area contributed by atoms with Crippen LogP contribution in [0.5, 0.6) is 0 Å². The van der Waals surface area contributed by atoms with Gasteiger partial charge in [0.25, 0.3) is 0 Å². The van der Waals surface area contributed by atoms with E-state index in [0.717, 1.165) is 6.42 Å². The fourth-order valence-electron chi connectivity index (χ4n) is 2.34. The van der Waals surface area contributed by atoms with Gasteiger partial charge in [-0.3, -0.25) is 0 Å². The number of nitrogens with zero attached hydrogens (tertiary/aromatic N) is 1. The van der Waals surface area contributed by atoms with Gasteiger partial charge in [0.05, 0.1) is 11.9 Å². The lowest BCUT2D eigenvalue weighted by molar-refractivity contribution is 0.0401. The van der Waals surface area contributed by atoms with Gasteiger partial charge in [0, 0.05) is 26.2 Å². The molecule has 0 aromatic rings. The lowest BCUT2D eigenvalue weighted by Gasteiger charge is -2.37. The van der Waals surface area contributed by atoms with E-state index in [4.69, 9.17) is 10.5 Å². The van der Waals surface area contributed by atoms with E-state index in [0.29, 0.717) is 25.9 Å². The highest BCUT2D eigenvalue weighted by atomic mass is 32.2. The van der Waals surface area contributed by atoms with Crippen molar-refractivity contribution in [3.8, 4) is 0 Å². The second-order valence-electron chi connectivity index (χ2n) is 6.51. The SMILES string of the molecule is COC1CCN(S(=O)(=O)CCC(C)(C)C)C(CN)C1. The van der Waals surface area contributed by atoms with Crippen LogP contribution >= 0.6 is 0 Å². The van der Waals surface area contributed by atoms with Crippen molar-refractivity contribution in [3.05, 3.63) is 0 Å².